The van der Waals surface area contributed by atoms with Gasteiger partial charge in [0.15, 0.2) is 0 Å². The molecule has 0 spiro atoms. The van der Waals surface area contributed by atoms with E-state index in [0.29, 0.717) is 0 Å². The maximum absolute atomic E-state index is 5.28. The van der Waals surface area contributed by atoms with Crippen molar-refractivity contribution < 1.29 is 4.74 Å². The molecule has 0 amide bonds. The highest BCUT2D eigenvalue weighted by Crippen LogP contribution is 2.29. The largest absolute Gasteiger partial charge is 0.496 e. The lowest BCUT2D eigenvalue weighted by atomic mass is 10.1. The Balaban J connectivity index is 2.53. The third kappa shape index (κ3) is 1.90. The van der Waals surface area contributed by atoms with Crippen molar-refractivity contribution in [2.24, 2.45) is 7.05 Å². The standard InChI is InChI=1S/C11H11BrN2O/c1-14-11(12)7-9(13-14)8-5-3-4-6-10(8)15-2/h3-7H,1-2H3. The Labute approximate surface area is 96.8 Å². The predicted molar refractivity (Wildman–Crippen MR) is 62.9 cm³/mol. The fourth-order valence-electron chi connectivity index (χ4n) is 1.43. The fraction of sp³-hybridized carbons (Fsp3) is 0.182. The molecule has 0 atom stereocenters. The number of nitrogens with zero attached hydrogens (tertiary/aromatic N) is 2. The van der Waals surface area contributed by atoms with Crippen LogP contribution in [0.5, 0.6) is 5.75 Å². The van der Waals surface area contributed by atoms with Gasteiger partial charge < -0.3 is 4.74 Å². The maximum Gasteiger partial charge on any atom is 0.128 e. The van der Waals surface area contributed by atoms with Gasteiger partial charge in [-0.1, -0.05) is 12.1 Å². The van der Waals surface area contributed by atoms with Gasteiger partial charge >= 0.3 is 0 Å². The van der Waals surface area contributed by atoms with Gasteiger partial charge in [0.2, 0.25) is 0 Å². The van der Waals surface area contributed by atoms with Crippen LogP contribution in [0.1, 0.15) is 0 Å². The van der Waals surface area contributed by atoms with Gasteiger partial charge in [-0.25, -0.2) is 0 Å². The first-order chi connectivity index (χ1) is 7.22. The molecule has 4 heteroatoms. The minimum atomic E-state index is 0.836. The summed E-state index contributed by atoms with van der Waals surface area (Å²) in [6.07, 6.45) is 0. The van der Waals surface area contributed by atoms with E-state index in [1.54, 1.807) is 11.8 Å². The molecule has 78 valence electrons. The lowest BCUT2D eigenvalue weighted by Crippen LogP contribution is -1.91. The number of halogens is 1. The monoisotopic (exact) mass is 266 g/mol. The van der Waals surface area contributed by atoms with E-state index in [4.69, 9.17) is 4.74 Å². The topological polar surface area (TPSA) is 27.1 Å². The number of hydrogen-bond acceptors (Lipinski definition) is 2. The Morgan fingerprint density at radius 1 is 1.33 bits per heavy atom. The SMILES string of the molecule is COc1ccccc1-c1cc(Br)n(C)n1. The van der Waals surface area contributed by atoms with Gasteiger partial charge in [-0.05, 0) is 34.1 Å². The lowest BCUT2D eigenvalue weighted by molar-refractivity contribution is 0.416. The number of aryl methyl sites for hydroxylation is 1. The molecule has 1 heterocycles. The van der Waals surface area contributed by atoms with Gasteiger partial charge in [0.25, 0.3) is 0 Å². The van der Waals surface area contributed by atoms with E-state index in [1.807, 2.05) is 37.4 Å². The Hall–Kier alpha value is -1.29. The molecule has 15 heavy (non-hydrogen) atoms. The second-order valence-corrected chi connectivity index (χ2v) is 3.99. The summed E-state index contributed by atoms with van der Waals surface area (Å²) < 4.78 is 8.01. The Morgan fingerprint density at radius 2 is 2.07 bits per heavy atom. The van der Waals surface area contributed by atoms with Crippen LogP contribution >= 0.6 is 15.9 Å². The zero-order valence-corrected chi connectivity index (χ0v) is 10.2. The molecule has 2 aromatic rings. The molecule has 0 bridgehead atoms. The summed E-state index contributed by atoms with van der Waals surface area (Å²) in [6.45, 7) is 0. The lowest BCUT2D eigenvalue weighted by Gasteiger charge is -2.04. The fourth-order valence-corrected chi connectivity index (χ4v) is 1.73. The minimum Gasteiger partial charge on any atom is -0.496 e. The third-order valence-electron chi connectivity index (χ3n) is 2.21. The van der Waals surface area contributed by atoms with E-state index >= 15 is 0 Å². The molecule has 2 rings (SSSR count). The van der Waals surface area contributed by atoms with Crippen LogP contribution in [-0.4, -0.2) is 16.9 Å². The molecule has 0 fully saturated rings. The van der Waals surface area contributed by atoms with Crippen molar-refractivity contribution in [3.05, 3.63) is 34.9 Å². The molecule has 0 radical (unpaired) electrons. The van der Waals surface area contributed by atoms with E-state index < -0.39 is 0 Å². The molecular formula is C11H11BrN2O. The smallest absolute Gasteiger partial charge is 0.128 e. The van der Waals surface area contributed by atoms with Crippen LogP contribution in [0.15, 0.2) is 34.9 Å². The molecular weight excluding hydrogens is 256 g/mol. The molecule has 0 saturated heterocycles. The number of rotatable bonds is 2. The van der Waals surface area contributed by atoms with Crippen molar-refractivity contribution in [3.63, 3.8) is 0 Å². The summed E-state index contributed by atoms with van der Waals surface area (Å²) in [5.41, 5.74) is 1.91. The first-order valence-corrected chi connectivity index (χ1v) is 5.34. The molecule has 0 aliphatic heterocycles. The highest BCUT2D eigenvalue weighted by molar-refractivity contribution is 9.10. The number of ether oxygens (including phenoxy) is 1. The van der Waals surface area contributed by atoms with Crippen LogP contribution in [0.3, 0.4) is 0 Å². The van der Waals surface area contributed by atoms with Gasteiger partial charge in [-0.15, -0.1) is 0 Å². The number of hydrogen-bond donors (Lipinski definition) is 0. The molecule has 0 unspecified atom stereocenters. The Bertz CT molecular complexity index is 460. The van der Waals surface area contributed by atoms with E-state index in [2.05, 4.69) is 21.0 Å². The van der Waals surface area contributed by atoms with Crippen molar-refractivity contribution in [3.8, 4) is 17.0 Å². The maximum atomic E-state index is 5.28. The van der Waals surface area contributed by atoms with Crippen molar-refractivity contribution in [1.29, 1.82) is 0 Å². The van der Waals surface area contributed by atoms with Gasteiger partial charge in [0.1, 0.15) is 10.4 Å². The van der Waals surface area contributed by atoms with Crippen molar-refractivity contribution in [1.82, 2.24) is 9.78 Å². The normalized spacial score (nSPS) is 10.3. The number of methoxy groups -OCH3 is 1. The summed E-state index contributed by atoms with van der Waals surface area (Å²) in [6, 6.07) is 9.81. The molecule has 1 aromatic carbocycles. The minimum absolute atomic E-state index is 0.836. The molecule has 0 aliphatic rings. The molecule has 0 saturated carbocycles. The van der Waals surface area contributed by atoms with Gasteiger partial charge in [0, 0.05) is 12.6 Å². The summed E-state index contributed by atoms with van der Waals surface area (Å²) in [7, 11) is 3.56. The second kappa shape index (κ2) is 4.06. The van der Waals surface area contributed by atoms with Crippen LogP contribution in [0.4, 0.5) is 0 Å². The quantitative estimate of drug-likeness (QED) is 0.836. The van der Waals surface area contributed by atoms with Gasteiger partial charge in [0.05, 0.1) is 12.8 Å². The highest BCUT2D eigenvalue weighted by Gasteiger charge is 2.09. The first kappa shape index (κ1) is 10.2. The highest BCUT2D eigenvalue weighted by atomic mass is 79.9. The zero-order chi connectivity index (χ0) is 10.8. The summed E-state index contributed by atoms with van der Waals surface area (Å²) in [4.78, 5) is 0. The predicted octanol–water partition coefficient (Wildman–Crippen LogP) is 2.86. The van der Waals surface area contributed by atoms with Crippen LogP contribution in [0.2, 0.25) is 0 Å². The first-order valence-electron chi connectivity index (χ1n) is 4.55. The molecule has 3 nitrogen and oxygen atoms in total. The van der Waals surface area contributed by atoms with E-state index in [-0.39, 0.29) is 0 Å². The summed E-state index contributed by atoms with van der Waals surface area (Å²) in [5, 5.41) is 4.38. The average Bonchev–Trinajstić information content (AvgIpc) is 2.59. The number of para-hydroxylation sites is 1. The average molecular weight is 267 g/mol. The van der Waals surface area contributed by atoms with Crippen LogP contribution in [0.25, 0.3) is 11.3 Å². The Kier molecular flexibility index (Phi) is 2.77. The summed E-state index contributed by atoms with van der Waals surface area (Å²) >= 11 is 3.42. The zero-order valence-electron chi connectivity index (χ0n) is 8.57. The Morgan fingerprint density at radius 3 is 2.67 bits per heavy atom. The van der Waals surface area contributed by atoms with Crippen LogP contribution < -0.4 is 4.74 Å². The summed E-state index contributed by atoms with van der Waals surface area (Å²) in [5.74, 6) is 0.836. The van der Waals surface area contributed by atoms with E-state index in [0.717, 1.165) is 21.6 Å². The van der Waals surface area contributed by atoms with Crippen LogP contribution in [0, 0.1) is 0 Å². The second-order valence-electron chi connectivity index (χ2n) is 3.18. The molecule has 1 aromatic heterocycles. The third-order valence-corrected chi connectivity index (χ3v) is 2.95. The van der Waals surface area contributed by atoms with Crippen molar-refractivity contribution in [2.45, 2.75) is 0 Å². The number of benzene rings is 1. The van der Waals surface area contributed by atoms with Crippen molar-refractivity contribution in [2.75, 3.05) is 7.11 Å². The van der Waals surface area contributed by atoms with Crippen LogP contribution in [-0.2, 0) is 7.05 Å². The van der Waals surface area contributed by atoms with Crippen molar-refractivity contribution >= 4 is 15.9 Å². The van der Waals surface area contributed by atoms with E-state index in [9.17, 15) is 0 Å². The number of aromatic nitrogens is 2. The molecule has 0 aliphatic carbocycles. The van der Waals surface area contributed by atoms with Gasteiger partial charge in [-0.3, -0.25) is 4.68 Å². The van der Waals surface area contributed by atoms with E-state index in [1.165, 1.54) is 0 Å². The molecule has 0 N–H and O–H groups in total. The van der Waals surface area contributed by atoms with Gasteiger partial charge in [-0.2, -0.15) is 5.10 Å².